The lowest BCUT2D eigenvalue weighted by atomic mass is 9.98. The summed E-state index contributed by atoms with van der Waals surface area (Å²) in [5.41, 5.74) is 2.17. The van der Waals surface area contributed by atoms with Gasteiger partial charge in [0.05, 0.1) is 23.8 Å². The number of nitrogens with one attached hydrogen (secondary N) is 1. The van der Waals surface area contributed by atoms with Gasteiger partial charge >= 0.3 is 0 Å². The van der Waals surface area contributed by atoms with Gasteiger partial charge in [-0.05, 0) is 44.5 Å². The van der Waals surface area contributed by atoms with Gasteiger partial charge in [0.25, 0.3) is 0 Å². The molecule has 20 heavy (non-hydrogen) atoms. The first kappa shape index (κ1) is 13.1. The van der Waals surface area contributed by atoms with Crippen molar-refractivity contribution in [3.8, 4) is 5.69 Å². The number of nitrogens with zero attached hydrogens (tertiary/aromatic N) is 4. The molecule has 5 heteroatoms. The van der Waals surface area contributed by atoms with Gasteiger partial charge in [-0.2, -0.15) is 0 Å². The zero-order valence-electron chi connectivity index (χ0n) is 11.9. The van der Waals surface area contributed by atoms with E-state index in [1.165, 1.54) is 25.9 Å². The molecule has 1 atom stereocenters. The highest BCUT2D eigenvalue weighted by Crippen LogP contribution is 2.21. The Morgan fingerprint density at radius 1 is 1.35 bits per heavy atom. The lowest BCUT2D eigenvalue weighted by molar-refractivity contribution is 0.217. The maximum Gasteiger partial charge on any atom is 0.0894 e. The van der Waals surface area contributed by atoms with Crippen LogP contribution >= 0.6 is 0 Å². The molecule has 1 unspecified atom stereocenters. The fourth-order valence-corrected chi connectivity index (χ4v) is 2.85. The number of benzene rings is 1. The van der Waals surface area contributed by atoms with E-state index < -0.39 is 0 Å². The standard InChI is InChI=1S/C15H21N5/c1-19-9-4-5-13(12-19)11-16-14-6-2-3-7-15(14)20-10-8-17-18-20/h2-3,6-8,10,13,16H,4-5,9,11-12H2,1H3. The van der Waals surface area contributed by atoms with Crippen molar-refractivity contribution in [2.75, 3.05) is 32.0 Å². The highest BCUT2D eigenvalue weighted by Gasteiger charge is 2.17. The maximum absolute atomic E-state index is 4.07. The molecule has 0 bridgehead atoms. The number of anilines is 1. The van der Waals surface area contributed by atoms with E-state index >= 15 is 0 Å². The molecule has 1 saturated heterocycles. The predicted octanol–water partition coefficient (Wildman–Crippen LogP) is 2.02. The smallest absolute Gasteiger partial charge is 0.0894 e. The summed E-state index contributed by atoms with van der Waals surface area (Å²) in [6.07, 6.45) is 6.18. The topological polar surface area (TPSA) is 46.0 Å². The van der Waals surface area contributed by atoms with Crippen molar-refractivity contribution >= 4 is 5.69 Å². The summed E-state index contributed by atoms with van der Waals surface area (Å²) in [5, 5.41) is 11.5. The lowest BCUT2D eigenvalue weighted by Gasteiger charge is -2.30. The Morgan fingerprint density at radius 2 is 2.25 bits per heavy atom. The van der Waals surface area contributed by atoms with Crippen LogP contribution in [0.3, 0.4) is 0 Å². The zero-order chi connectivity index (χ0) is 13.8. The molecule has 2 heterocycles. The molecule has 1 aliphatic rings. The minimum absolute atomic E-state index is 0.720. The SMILES string of the molecule is CN1CCCC(CNc2ccccc2-n2ccnn2)C1. The van der Waals surface area contributed by atoms with Crippen LogP contribution in [-0.4, -0.2) is 46.6 Å². The highest BCUT2D eigenvalue weighted by molar-refractivity contribution is 5.60. The molecule has 106 valence electrons. The Kier molecular flexibility index (Phi) is 3.97. The van der Waals surface area contributed by atoms with Crippen LogP contribution in [0.1, 0.15) is 12.8 Å². The van der Waals surface area contributed by atoms with Gasteiger partial charge in [0.1, 0.15) is 0 Å². The van der Waals surface area contributed by atoms with Crippen molar-refractivity contribution in [3.05, 3.63) is 36.7 Å². The van der Waals surface area contributed by atoms with E-state index in [-0.39, 0.29) is 0 Å². The quantitative estimate of drug-likeness (QED) is 0.924. The van der Waals surface area contributed by atoms with Gasteiger partial charge in [-0.25, -0.2) is 4.68 Å². The Balaban J connectivity index is 1.68. The molecular weight excluding hydrogens is 250 g/mol. The molecule has 1 aromatic carbocycles. The van der Waals surface area contributed by atoms with Crippen molar-refractivity contribution in [2.45, 2.75) is 12.8 Å². The number of para-hydroxylation sites is 2. The van der Waals surface area contributed by atoms with E-state index in [1.54, 1.807) is 10.9 Å². The Labute approximate surface area is 119 Å². The molecule has 1 N–H and O–H groups in total. The van der Waals surface area contributed by atoms with Gasteiger partial charge in [-0.1, -0.05) is 17.3 Å². The summed E-state index contributed by atoms with van der Waals surface area (Å²) >= 11 is 0. The first-order valence-corrected chi connectivity index (χ1v) is 7.21. The molecule has 2 aromatic rings. The van der Waals surface area contributed by atoms with Gasteiger partial charge in [-0.15, -0.1) is 5.10 Å². The molecule has 0 radical (unpaired) electrons. The number of hydrogen-bond acceptors (Lipinski definition) is 4. The fraction of sp³-hybridized carbons (Fsp3) is 0.467. The Morgan fingerprint density at radius 3 is 3.05 bits per heavy atom. The number of rotatable bonds is 4. The van der Waals surface area contributed by atoms with E-state index in [4.69, 9.17) is 0 Å². The normalized spacial score (nSPS) is 19.9. The third-order valence-corrected chi connectivity index (χ3v) is 3.88. The first-order valence-electron chi connectivity index (χ1n) is 7.21. The van der Waals surface area contributed by atoms with Gasteiger partial charge < -0.3 is 10.2 Å². The van der Waals surface area contributed by atoms with E-state index in [0.29, 0.717) is 0 Å². The molecule has 0 saturated carbocycles. The second-order valence-electron chi connectivity index (χ2n) is 5.52. The van der Waals surface area contributed by atoms with Crippen molar-refractivity contribution in [1.82, 2.24) is 19.9 Å². The second kappa shape index (κ2) is 6.05. The van der Waals surface area contributed by atoms with Crippen molar-refractivity contribution in [1.29, 1.82) is 0 Å². The average Bonchev–Trinajstić information content (AvgIpc) is 3.00. The molecule has 1 fully saturated rings. The van der Waals surface area contributed by atoms with Crippen LogP contribution in [0.5, 0.6) is 0 Å². The van der Waals surface area contributed by atoms with Crippen LogP contribution in [-0.2, 0) is 0 Å². The van der Waals surface area contributed by atoms with Crippen molar-refractivity contribution in [3.63, 3.8) is 0 Å². The Bertz CT molecular complexity index is 537. The molecule has 1 aliphatic heterocycles. The van der Waals surface area contributed by atoms with Gasteiger partial charge in [0, 0.05) is 13.1 Å². The molecular formula is C15H21N5. The summed E-state index contributed by atoms with van der Waals surface area (Å²) in [7, 11) is 2.20. The van der Waals surface area contributed by atoms with Gasteiger partial charge in [0.15, 0.2) is 0 Å². The second-order valence-corrected chi connectivity index (χ2v) is 5.52. The van der Waals surface area contributed by atoms with Crippen molar-refractivity contribution in [2.24, 2.45) is 5.92 Å². The molecule has 0 aliphatic carbocycles. The summed E-state index contributed by atoms with van der Waals surface area (Å²) in [5.74, 6) is 0.720. The van der Waals surface area contributed by atoms with Crippen LogP contribution in [0, 0.1) is 5.92 Å². The lowest BCUT2D eigenvalue weighted by Crippen LogP contribution is -2.35. The summed E-state index contributed by atoms with van der Waals surface area (Å²) in [6.45, 7) is 3.42. The number of piperidine rings is 1. The molecule has 0 spiro atoms. The van der Waals surface area contributed by atoms with Crippen LogP contribution < -0.4 is 5.32 Å². The fourth-order valence-electron chi connectivity index (χ4n) is 2.85. The first-order chi connectivity index (χ1) is 9.83. The molecule has 0 amide bonds. The maximum atomic E-state index is 4.07. The number of aromatic nitrogens is 3. The summed E-state index contributed by atoms with van der Waals surface area (Å²) in [4.78, 5) is 2.42. The summed E-state index contributed by atoms with van der Waals surface area (Å²) < 4.78 is 1.80. The number of hydrogen-bond donors (Lipinski definition) is 1. The third kappa shape index (κ3) is 2.99. The average molecular weight is 271 g/mol. The van der Waals surface area contributed by atoms with E-state index in [2.05, 4.69) is 45.8 Å². The minimum Gasteiger partial charge on any atom is -0.383 e. The van der Waals surface area contributed by atoms with Gasteiger partial charge in [0.2, 0.25) is 0 Å². The van der Waals surface area contributed by atoms with Crippen LogP contribution in [0.25, 0.3) is 5.69 Å². The third-order valence-electron chi connectivity index (χ3n) is 3.88. The van der Waals surface area contributed by atoms with E-state index in [0.717, 1.165) is 23.8 Å². The van der Waals surface area contributed by atoms with Crippen molar-refractivity contribution < 1.29 is 0 Å². The molecule has 1 aromatic heterocycles. The van der Waals surface area contributed by atoms with E-state index in [1.807, 2.05) is 12.3 Å². The Hall–Kier alpha value is -1.88. The minimum atomic E-state index is 0.720. The molecule has 3 rings (SSSR count). The predicted molar refractivity (Wildman–Crippen MR) is 80.1 cm³/mol. The largest absolute Gasteiger partial charge is 0.383 e. The molecule has 5 nitrogen and oxygen atoms in total. The number of likely N-dealkylation sites (tertiary alicyclic amines) is 1. The monoisotopic (exact) mass is 271 g/mol. The highest BCUT2D eigenvalue weighted by atomic mass is 15.4. The zero-order valence-corrected chi connectivity index (χ0v) is 11.9. The van der Waals surface area contributed by atoms with Crippen LogP contribution in [0.4, 0.5) is 5.69 Å². The summed E-state index contributed by atoms with van der Waals surface area (Å²) in [6, 6.07) is 8.24. The van der Waals surface area contributed by atoms with E-state index in [9.17, 15) is 0 Å². The van der Waals surface area contributed by atoms with Crippen LogP contribution in [0.15, 0.2) is 36.7 Å². The van der Waals surface area contributed by atoms with Crippen LogP contribution in [0.2, 0.25) is 0 Å². The van der Waals surface area contributed by atoms with Gasteiger partial charge in [-0.3, -0.25) is 0 Å².